The van der Waals surface area contributed by atoms with Crippen LogP contribution < -0.4 is 5.32 Å². The third-order valence-corrected chi connectivity index (χ3v) is 6.77. The first-order valence-corrected chi connectivity index (χ1v) is 10.9. The first kappa shape index (κ1) is 18.0. The summed E-state index contributed by atoms with van der Waals surface area (Å²) in [5.41, 5.74) is 2.20. The Hall–Kier alpha value is -2.02. The van der Waals surface area contributed by atoms with Gasteiger partial charge < -0.3 is 14.8 Å². The first-order valence-electron chi connectivity index (χ1n) is 9.99. The maximum absolute atomic E-state index is 5.92. The third kappa shape index (κ3) is 3.41. The molecule has 1 N–H and O–H groups in total. The van der Waals surface area contributed by atoms with Crippen molar-refractivity contribution in [1.82, 2.24) is 9.97 Å². The van der Waals surface area contributed by atoms with Crippen LogP contribution in [0.2, 0.25) is 0 Å². The SMILES string of the molecule is COC1(CNc2nc(C3CC3)nc3scc(-c4ccccc4)c23)CCOCC1. The van der Waals surface area contributed by atoms with Crippen LogP contribution in [0.3, 0.4) is 0 Å². The minimum absolute atomic E-state index is 0.196. The van der Waals surface area contributed by atoms with Gasteiger partial charge in [0, 0.05) is 56.6 Å². The van der Waals surface area contributed by atoms with E-state index in [4.69, 9.17) is 19.4 Å². The van der Waals surface area contributed by atoms with Crippen LogP contribution in [0.5, 0.6) is 0 Å². The standard InChI is InChI=1S/C22H25N3O2S/c1-26-22(9-11-27-12-10-22)14-23-20-18-17(15-5-3-2-4-6-15)13-28-21(18)25-19(24-20)16-7-8-16/h2-6,13,16H,7-12,14H2,1H3,(H,23,24,25). The highest BCUT2D eigenvalue weighted by molar-refractivity contribution is 7.17. The van der Waals surface area contributed by atoms with Gasteiger partial charge in [0.25, 0.3) is 0 Å². The molecule has 3 heterocycles. The summed E-state index contributed by atoms with van der Waals surface area (Å²) >= 11 is 1.71. The normalized spacial score (nSPS) is 19.0. The molecule has 1 aliphatic heterocycles. The monoisotopic (exact) mass is 395 g/mol. The molecule has 2 aliphatic rings. The average molecular weight is 396 g/mol. The van der Waals surface area contributed by atoms with Crippen molar-refractivity contribution in [2.24, 2.45) is 0 Å². The molecule has 2 aromatic heterocycles. The highest BCUT2D eigenvalue weighted by Gasteiger charge is 2.33. The molecular formula is C22H25N3O2S. The molecule has 146 valence electrons. The molecule has 1 saturated carbocycles. The maximum atomic E-state index is 5.92. The predicted molar refractivity (Wildman–Crippen MR) is 113 cm³/mol. The Morgan fingerprint density at radius 2 is 1.96 bits per heavy atom. The van der Waals surface area contributed by atoms with E-state index in [2.05, 4.69) is 35.0 Å². The number of rotatable bonds is 6. The fourth-order valence-electron chi connectivity index (χ4n) is 3.88. The number of anilines is 1. The fraction of sp³-hybridized carbons (Fsp3) is 0.455. The van der Waals surface area contributed by atoms with E-state index in [9.17, 15) is 0 Å². The van der Waals surface area contributed by atoms with Crippen molar-refractivity contribution >= 4 is 27.4 Å². The lowest BCUT2D eigenvalue weighted by molar-refractivity contribution is -0.0807. The van der Waals surface area contributed by atoms with E-state index in [-0.39, 0.29) is 5.60 Å². The van der Waals surface area contributed by atoms with Gasteiger partial charge >= 0.3 is 0 Å². The van der Waals surface area contributed by atoms with Crippen molar-refractivity contribution in [3.8, 4) is 11.1 Å². The molecule has 5 nitrogen and oxygen atoms in total. The van der Waals surface area contributed by atoms with Crippen molar-refractivity contribution < 1.29 is 9.47 Å². The van der Waals surface area contributed by atoms with E-state index in [0.29, 0.717) is 5.92 Å². The Morgan fingerprint density at radius 3 is 2.68 bits per heavy atom. The Morgan fingerprint density at radius 1 is 1.18 bits per heavy atom. The van der Waals surface area contributed by atoms with Gasteiger partial charge in [-0.3, -0.25) is 0 Å². The number of methoxy groups -OCH3 is 1. The molecule has 0 atom stereocenters. The van der Waals surface area contributed by atoms with Gasteiger partial charge in [-0.15, -0.1) is 11.3 Å². The van der Waals surface area contributed by atoms with Gasteiger partial charge in [-0.1, -0.05) is 30.3 Å². The Balaban J connectivity index is 1.54. The summed E-state index contributed by atoms with van der Waals surface area (Å²) in [5, 5.41) is 6.97. The van der Waals surface area contributed by atoms with Crippen LogP contribution in [0.25, 0.3) is 21.3 Å². The largest absolute Gasteiger partial charge is 0.381 e. The smallest absolute Gasteiger partial charge is 0.139 e. The van der Waals surface area contributed by atoms with Gasteiger partial charge in [0.15, 0.2) is 0 Å². The van der Waals surface area contributed by atoms with Crippen molar-refractivity contribution in [3.05, 3.63) is 41.5 Å². The zero-order chi connectivity index (χ0) is 19.0. The number of nitrogens with zero attached hydrogens (tertiary/aromatic N) is 2. The van der Waals surface area contributed by atoms with Crippen molar-refractivity contribution in [2.75, 3.05) is 32.2 Å². The molecule has 1 aromatic carbocycles. The summed E-state index contributed by atoms with van der Waals surface area (Å²) in [5.74, 6) is 2.44. The van der Waals surface area contributed by atoms with Crippen LogP contribution in [-0.2, 0) is 9.47 Å². The average Bonchev–Trinajstić information content (AvgIpc) is 3.52. The molecule has 1 aliphatic carbocycles. The molecular weight excluding hydrogens is 370 g/mol. The van der Waals surface area contributed by atoms with Crippen molar-refractivity contribution in [1.29, 1.82) is 0 Å². The molecule has 28 heavy (non-hydrogen) atoms. The van der Waals surface area contributed by atoms with E-state index >= 15 is 0 Å². The molecule has 0 unspecified atom stereocenters. The second-order valence-corrected chi connectivity index (χ2v) is 8.61. The molecule has 0 bridgehead atoms. The Labute approximate surface area is 169 Å². The quantitative estimate of drug-likeness (QED) is 0.647. The summed E-state index contributed by atoms with van der Waals surface area (Å²) < 4.78 is 11.5. The molecule has 0 radical (unpaired) electrons. The van der Waals surface area contributed by atoms with Gasteiger partial charge in [-0.2, -0.15) is 0 Å². The summed E-state index contributed by atoms with van der Waals surface area (Å²) in [6, 6.07) is 10.5. The lowest BCUT2D eigenvalue weighted by Crippen LogP contribution is -2.44. The van der Waals surface area contributed by atoms with E-state index in [1.807, 2.05) is 6.07 Å². The summed E-state index contributed by atoms with van der Waals surface area (Å²) in [6.07, 6.45) is 4.19. The van der Waals surface area contributed by atoms with E-state index < -0.39 is 0 Å². The topological polar surface area (TPSA) is 56.3 Å². The van der Waals surface area contributed by atoms with Gasteiger partial charge in [0.05, 0.1) is 11.0 Å². The number of benzene rings is 1. The third-order valence-electron chi connectivity index (χ3n) is 5.89. The first-order chi connectivity index (χ1) is 13.8. The van der Waals surface area contributed by atoms with Crippen LogP contribution in [0.15, 0.2) is 35.7 Å². The van der Waals surface area contributed by atoms with E-state index in [1.165, 1.54) is 24.0 Å². The van der Waals surface area contributed by atoms with Crippen molar-refractivity contribution in [3.63, 3.8) is 0 Å². The molecule has 0 spiro atoms. The lowest BCUT2D eigenvalue weighted by Gasteiger charge is -2.36. The minimum atomic E-state index is -0.196. The number of nitrogens with one attached hydrogen (secondary N) is 1. The van der Waals surface area contributed by atoms with Gasteiger partial charge in [0.1, 0.15) is 16.5 Å². The zero-order valence-corrected chi connectivity index (χ0v) is 16.9. The molecule has 3 aromatic rings. The Kier molecular flexibility index (Phi) is 4.78. The van der Waals surface area contributed by atoms with Crippen LogP contribution in [0.4, 0.5) is 5.82 Å². The zero-order valence-electron chi connectivity index (χ0n) is 16.1. The van der Waals surface area contributed by atoms with Crippen LogP contribution in [-0.4, -0.2) is 42.4 Å². The minimum Gasteiger partial charge on any atom is -0.381 e. The number of fused-ring (bicyclic) bond motifs is 1. The second kappa shape index (κ2) is 7.43. The van der Waals surface area contributed by atoms with Crippen LogP contribution >= 0.6 is 11.3 Å². The van der Waals surface area contributed by atoms with Crippen LogP contribution in [0.1, 0.15) is 37.4 Å². The van der Waals surface area contributed by atoms with Crippen LogP contribution in [0, 0.1) is 0 Å². The fourth-order valence-corrected chi connectivity index (χ4v) is 4.84. The molecule has 2 fully saturated rings. The number of hydrogen-bond acceptors (Lipinski definition) is 6. The number of thiophene rings is 1. The summed E-state index contributed by atoms with van der Waals surface area (Å²) in [7, 11) is 1.80. The van der Waals surface area contributed by atoms with E-state index in [1.54, 1.807) is 18.4 Å². The molecule has 1 saturated heterocycles. The number of aromatic nitrogens is 2. The van der Waals surface area contributed by atoms with Gasteiger partial charge in [-0.05, 0) is 18.4 Å². The van der Waals surface area contributed by atoms with Gasteiger partial charge in [0.2, 0.25) is 0 Å². The molecule has 6 heteroatoms. The van der Waals surface area contributed by atoms with Gasteiger partial charge in [-0.25, -0.2) is 9.97 Å². The second-order valence-electron chi connectivity index (χ2n) is 7.75. The summed E-state index contributed by atoms with van der Waals surface area (Å²) in [4.78, 5) is 10.9. The number of hydrogen-bond donors (Lipinski definition) is 1. The maximum Gasteiger partial charge on any atom is 0.139 e. The van der Waals surface area contributed by atoms with Crippen molar-refractivity contribution in [2.45, 2.75) is 37.2 Å². The highest BCUT2D eigenvalue weighted by Crippen LogP contribution is 2.42. The Bertz CT molecular complexity index is 963. The highest BCUT2D eigenvalue weighted by atomic mass is 32.1. The molecule has 5 rings (SSSR count). The van der Waals surface area contributed by atoms with E-state index in [0.717, 1.165) is 54.5 Å². The summed E-state index contributed by atoms with van der Waals surface area (Å²) in [6.45, 7) is 2.22. The lowest BCUT2D eigenvalue weighted by atomic mass is 9.94. The predicted octanol–water partition coefficient (Wildman–Crippen LogP) is 4.84. The number of ether oxygens (including phenoxy) is 2. The molecule has 0 amide bonds.